The zero-order chi connectivity index (χ0) is 26.3. The van der Waals surface area contributed by atoms with Crippen LogP contribution in [0.15, 0.2) is 57.7 Å². The molecule has 0 radical (unpaired) electrons. The Labute approximate surface area is 197 Å². The molecule has 0 unspecified atom stereocenters. The first-order valence-corrected chi connectivity index (χ1v) is 9.67. The monoisotopic (exact) mass is 496 g/mol. The van der Waals surface area contributed by atoms with E-state index in [2.05, 4.69) is 0 Å². The van der Waals surface area contributed by atoms with Gasteiger partial charge in [-0.25, -0.2) is 4.79 Å². The number of hydrogen-bond acceptors (Lipinski definition) is 12. The van der Waals surface area contributed by atoms with Crippen LogP contribution in [-0.2, 0) is 0 Å². The van der Waals surface area contributed by atoms with E-state index in [0.717, 1.165) is 24.3 Å². The highest BCUT2D eigenvalue weighted by molar-refractivity contribution is 5.95. The molecule has 4 rings (SSSR count). The van der Waals surface area contributed by atoms with Crippen LogP contribution in [0.1, 0.15) is 10.4 Å². The standard InChI is InChI=1S/C22H12N2O12/c25-13-7-16(28)18-17(8-13)35-20(9-1-2-14(26)15(27)5-9)21(19(18)29)36-22(30)10-3-11(23(31)32)6-12(4-10)24(33)34/h1-8,25-28H. The van der Waals surface area contributed by atoms with Crippen molar-refractivity contribution in [2.45, 2.75) is 0 Å². The van der Waals surface area contributed by atoms with Gasteiger partial charge < -0.3 is 29.6 Å². The molecule has 36 heavy (non-hydrogen) atoms. The van der Waals surface area contributed by atoms with Crippen molar-refractivity contribution in [3.8, 4) is 40.1 Å². The molecular formula is C22H12N2O12. The van der Waals surface area contributed by atoms with Crippen molar-refractivity contribution >= 4 is 28.3 Å². The Balaban J connectivity index is 1.94. The van der Waals surface area contributed by atoms with E-state index in [1.54, 1.807) is 0 Å². The van der Waals surface area contributed by atoms with Gasteiger partial charge in [0.2, 0.25) is 11.2 Å². The van der Waals surface area contributed by atoms with Crippen LogP contribution in [0.2, 0.25) is 0 Å². The highest BCUT2D eigenvalue weighted by Crippen LogP contribution is 2.38. The molecule has 0 aliphatic heterocycles. The minimum atomic E-state index is -1.42. The third kappa shape index (κ3) is 4.16. The Morgan fingerprint density at radius 2 is 1.47 bits per heavy atom. The lowest BCUT2D eigenvalue weighted by atomic mass is 10.1. The van der Waals surface area contributed by atoms with Crippen molar-refractivity contribution in [1.29, 1.82) is 0 Å². The molecule has 0 saturated heterocycles. The van der Waals surface area contributed by atoms with E-state index in [-0.39, 0.29) is 11.1 Å². The SMILES string of the molecule is O=C(Oc1c(-c2ccc(O)c(O)c2)oc2cc(O)cc(O)c2c1=O)c1cc([N+](=O)[O-])cc([N+](=O)[O-])c1. The maximum absolute atomic E-state index is 13.2. The zero-order valence-corrected chi connectivity index (χ0v) is 17.6. The number of benzene rings is 3. The normalized spacial score (nSPS) is 10.8. The van der Waals surface area contributed by atoms with Crippen LogP contribution in [0.5, 0.6) is 28.7 Å². The average Bonchev–Trinajstić information content (AvgIpc) is 2.81. The number of aromatic hydroxyl groups is 4. The van der Waals surface area contributed by atoms with Crippen molar-refractivity contribution < 1.29 is 44.2 Å². The second kappa shape index (κ2) is 8.60. The minimum absolute atomic E-state index is 0.0973. The van der Waals surface area contributed by atoms with Gasteiger partial charge in [0, 0.05) is 29.8 Å². The van der Waals surface area contributed by atoms with Crippen LogP contribution >= 0.6 is 0 Å². The Morgan fingerprint density at radius 1 is 0.833 bits per heavy atom. The Morgan fingerprint density at radius 3 is 2.06 bits per heavy atom. The first kappa shape index (κ1) is 23.5. The van der Waals surface area contributed by atoms with Crippen molar-refractivity contribution in [3.05, 3.63) is 84.5 Å². The van der Waals surface area contributed by atoms with Gasteiger partial charge in [0.15, 0.2) is 17.3 Å². The average molecular weight is 496 g/mol. The van der Waals surface area contributed by atoms with Gasteiger partial charge in [0.05, 0.1) is 21.5 Å². The van der Waals surface area contributed by atoms with E-state index in [4.69, 9.17) is 9.15 Å². The maximum atomic E-state index is 13.2. The summed E-state index contributed by atoms with van der Waals surface area (Å²) in [7, 11) is 0. The first-order valence-electron chi connectivity index (χ1n) is 9.67. The number of fused-ring (bicyclic) bond motifs is 1. The maximum Gasteiger partial charge on any atom is 0.344 e. The van der Waals surface area contributed by atoms with Crippen LogP contribution < -0.4 is 10.2 Å². The molecule has 4 aromatic rings. The Kier molecular flexibility index (Phi) is 5.61. The van der Waals surface area contributed by atoms with E-state index in [1.807, 2.05) is 0 Å². The predicted octanol–water partition coefficient (Wildman–Crippen LogP) is 3.32. The lowest BCUT2D eigenvalue weighted by Gasteiger charge is -2.12. The van der Waals surface area contributed by atoms with Crippen LogP contribution in [0.25, 0.3) is 22.3 Å². The highest BCUT2D eigenvalue weighted by atomic mass is 16.6. The number of hydrogen-bond donors (Lipinski definition) is 4. The van der Waals surface area contributed by atoms with E-state index >= 15 is 0 Å². The molecule has 1 aromatic heterocycles. The van der Waals surface area contributed by atoms with Gasteiger partial charge in [0.25, 0.3) is 11.4 Å². The molecule has 0 aliphatic carbocycles. The van der Waals surface area contributed by atoms with Gasteiger partial charge in [-0.15, -0.1) is 0 Å². The first-order chi connectivity index (χ1) is 17.0. The molecule has 1 heterocycles. The smallest absolute Gasteiger partial charge is 0.344 e. The fourth-order valence-corrected chi connectivity index (χ4v) is 3.29. The zero-order valence-electron chi connectivity index (χ0n) is 17.6. The summed E-state index contributed by atoms with van der Waals surface area (Å²) in [6.07, 6.45) is 0. The van der Waals surface area contributed by atoms with Crippen LogP contribution in [-0.4, -0.2) is 36.2 Å². The summed E-state index contributed by atoms with van der Waals surface area (Å²) in [4.78, 5) is 46.4. The highest BCUT2D eigenvalue weighted by Gasteiger charge is 2.26. The lowest BCUT2D eigenvalue weighted by Crippen LogP contribution is -2.17. The van der Waals surface area contributed by atoms with Crippen LogP contribution in [0.3, 0.4) is 0 Å². The Bertz CT molecular complexity index is 1630. The molecule has 0 saturated carbocycles. The van der Waals surface area contributed by atoms with Gasteiger partial charge in [0.1, 0.15) is 22.5 Å². The van der Waals surface area contributed by atoms with Crippen molar-refractivity contribution in [1.82, 2.24) is 0 Å². The predicted molar refractivity (Wildman–Crippen MR) is 119 cm³/mol. The molecule has 182 valence electrons. The molecule has 14 heteroatoms. The molecule has 0 spiro atoms. The van der Waals surface area contributed by atoms with E-state index in [0.29, 0.717) is 18.2 Å². The number of carbonyl (C=O) groups is 1. The van der Waals surface area contributed by atoms with Crippen molar-refractivity contribution in [3.63, 3.8) is 0 Å². The summed E-state index contributed by atoms with van der Waals surface area (Å²) in [5.41, 5.74) is -3.79. The van der Waals surface area contributed by atoms with Gasteiger partial charge in [-0.3, -0.25) is 25.0 Å². The lowest BCUT2D eigenvalue weighted by molar-refractivity contribution is -0.394. The number of phenols is 4. The topological polar surface area (TPSA) is 224 Å². The summed E-state index contributed by atoms with van der Waals surface area (Å²) < 4.78 is 10.7. The largest absolute Gasteiger partial charge is 0.508 e. The molecule has 0 atom stereocenters. The fourth-order valence-electron chi connectivity index (χ4n) is 3.29. The molecule has 4 N–H and O–H groups in total. The molecule has 0 fully saturated rings. The van der Waals surface area contributed by atoms with Crippen molar-refractivity contribution in [2.75, 3.05) is 0 Å². The quantitative estimate of drug-likeness (QED) is 0.135. The molecule has 14 nitrogen and oxygen atoms in total. The number of rotatable bonds is 5. The summed E-state index contributed by atoms with van der Waals surface area (Å²) in [6.45, 7) is 0. The molecule has 0 bridgehead atoms. The Hall–Kier alpha value is -5.66. The second-order valence-corrected chi connectivity index (χ2v) is 7.27. The molecule has 0 aliphatic rings. The summed E-state index contributed by atoms with van der Waals surface area (Å²) in [5, 5.41) is 61.2. The number of non-ortho nitro benzene ring substituents is 2. The summed E-state index contributed by atoms with van der Waals surface area (Å²) in [5.74, 6) is -5.15. The number of carbonyl (C=O) groups excluding carboxylic acids is 1. The summed E-state index contributed by atoms with van der Waals surface area (Å²) >= 11 is 0. The van der Waals surface area contributed by atoms with Gasteiger partial charge in [-0.05, 0) is 18.2 Å². The van der Waals surface area contributed by atoms with E-state index in [1.165, 1.54) is 6.07 Å². The number of phenolic OH excluding ortho intramolecular Hbond substituents is 4. The van der Waals surface area contributed by atoms with Gasteiger partial charge >= 0.3 is 5.97 Å². The number of nitro groups is 2. The molecular weight excluding hydrogens is 484 g/mol. The molecule has 3 aromatic carbocycles. The number of ether oxygens (including phenoxy) is 1. The number of nitro benzene ring substituents is 2. The van der Waals surface area contributed by atoms with Gasteiger partial charge in [-0.1, -0.05) is 0 Å². The van der Waals surface area contributed by atoms with Crippen LogP contribution in [0.4, 0.5) is 11.4 Å². The van der Waals surface area contributed by atoms with E-state index < -0.39 is 78.1 Å². The van der Waals surface area contributed by atoms with Crippen LogP contribution in [0, 0.1) is 20.2 Å². The third-order valence-electron chi connectivity index (χ3n) is 4.91. The summed E-state index contributed by atoms with van der Waals surface area (Å²) in [6, 6.07) is 6.98. The molecule has 0 amide bonds. The fraction of sp³-hybridized carbons (Fsp3) is 0. The minimum Gasteiger partial charge on any atom is -0.508 e. The number of esters is 1. The number of nitrogens with zero attached hydrogens (tertiary/aromatic N) is 2. The van der Waals surface area contributed by atoms with Crippen molar-refractivity contribution in [2.24, 2.45) is 0 Å². The second-order valence-electron chi connectivity index (χ2n) is 7.27. The van der Waals surface area contributed by atoms with E-state index in [9.17, 15) is 50.2 Å². The third-order valence-corrected chi connectivity index (χ3v) is 4.91. The van der Waals surface area contributed by atoms with Gasteiger partial charge in [-0.2, -0.15) is 0 Å².